The minimum atomic E-state index is -0.771. The van der Waals surface area contributed by atoms with Gasteiger partial charge in [-0.3, -0.25) is 14.4 Å². The van der Waals surface area contributed by atoms with Crippen molar-refractivity contribution in [1.29, 1.82) is 0 Å². The van der Waals surface area contributed by atoms with Gasteiger partial charge in [0.15, 0.2) is 6.10 Å². The van der Waals surface area contributed by atoms with Crippen molar-refractivity contribution < 1.29 is 28.6 Å². The molecule has 0 aromatic rings. The fourth-order valence-corrected chi connectivity index (χ4v) is 6.43. The van der Waals surface area contributed by atoms with Gasteiger partial charge >= 0.3 is 17.9 Å². The summed E-state index contributed by atoms with van der Waals surface area (Å²) in [4.78, 5) is 37.7. The summed E-state index contributed by atoms with van der Waals surface area (Å²) in [5.41, 5.74) is 0. The van der Waals surface area contributed by atoms with Crippen molar-refractivity contribution in [1.82, 2.24) is 0 Å². The first-order chi connectivity index (χ1) is 26.0. The molecule has 0 heterocycles. The molecule has 0 rings (SSSR count). The highest BCUT2D eigenvalue weighted by Gasteiger charge is 2.19. The van der Waals surface area contributed by atoms with Crippen molar-refractivity contribution in [2.24, 2.45) is 0 Å². The number of hydrogen-bond donors (Lipinski definition) is 0. The lowest BCUT2D eigenvalue weighted by Gasteiger charge is -2.18. The van der Waals surface area contributed by atoms with Crippen LogP contribution in [-0.4, -0.2) is 37.2 Å². The van der Waals surface area contributed by atoms with Crippen molar-refractivity contribution in [3.05, 3.63) is 24.3 Å². The van der Waals surface area contributed by atoms with Crippen LogP contribution in [0, 0.1) is 0 Å². The van der Waals surface area contributed by atoms with E-state index in [1.54, 1.807) is 0 Å². The zero-order chi connectivity index (χ0) is 38.7. The third-order valence-corrected chi connectivity index (χ3v) is 9.93. The molecule has 0 aliphatic carbocycles. The van der Waals surface area contributed by atoms with Crippen LogP contribution in [0.1, 0.15) is 239 Å². The molecule has 0 aliphatic heterocycles. The van der Waals surface area contributed by atoms with Crippen LogP contribution in [0.3, 0.4) is 0 Å². The molecule has 0 radical (unpaired) electrons. The summed E-state index contributed by atoms with van der Waals surface area (Å²) < 4.78 is 16.7. The molecular weight excluding hydrogens is 661 g/mol. The molecule has 0 spiro atoms. The van der Waals surface area contributed by atoms with Crippen LogP contribution in [0.4, 0.5) is 0 Å². The quantitative estimate of drug-likeness (QED) is 0.0268. The van der Waals surface area contributed by atoms with Crippen LogP contribution in [0.25, 0.3) is 0 Å². The fourth-order valence-electron chi connectivity index (χ4n) is 6.43. The maximum Gasteiger partial charge on any atom is 0.306 e. The Morgan fingerprint density at radius 3 is 0.981 bits per heavy atom. The summed E-state index contributed by atoms with van der Waals surface area (Å²) in [5, 5.41) is 0. The average Bonchev–Trinajstić information content (AvgIpc) is 3.15. The smallest absolute Gasteiger partial charge is 0.306 e. The fraction of sp³-hybridized carbons (Fsp3) is 0.851. The van der Waals surface area contributed by atoms with E-state index in [1.807, 2.05) is 0 Å². The number of rotatable bonds is 41. The lowest BCUT2D eigenvalue weighted by Crippen LogP contribution is -2.30. The van der Waals surface area contributed by atoms with E-state index < -0.39 is 6.10 Å². The monoisotopic (exact) mass is 747 g/mol. The number of carbonyl (C=O) groups is 3. The van der Waals surface area contributed by atoms with Gasteiger partial charge in [-0.2, -0.15) is 0 Å². The minimum Gasteiger partial charge on any atom is -0.462 e. The zero-order valence-corrected chi connectivity index (χ0v) is 35.3. The Kier molecular flexibility index (Phi) is 40.9. The Balaban J connectivity index is 4.38. The van der Waals surface area contributed by atoms with Crippen LogP contribution in [0.15, 0.2) is 24.3 Å². The van der Waals surface area contributed by atoms with Gasteiger partial charge in [-0.1, -0.05) is 173 Å². The second-order valence-electron chi connectivity index (χ2n) is 15.3. The van der Waals surface area contributed by atoms with E-state index in [0.717, 1.165) is 70.6 Å². The van der Waals surface area contributed by atoms with Gasteiger partial charge in [0.25, 0.3) is 0 Å². The SMILES string of the molecule is CCCCC/C=C\CCCCCCCC(=O)OCC(COC(=O)CCCCCCCCCCCCC)OC(=O)CCCCCCC/C=C\CCCCC. The van der Waals surface area contributed by atoms with Gasteiger partial charge in [-0.25, -0.2) is 0 Å². The molecule has 310 valence electrons. The molecule has 0 amide bonds. The summed E-state index contributed by atoms with van der Waals surface area (Å²) in [6.07, 6.45) is 45.8. The Morgan fingerprint density at radius 1 is 0.358 bits per heavy atom. The van der Waals surface area contributed by atoms with E-state index in [2.05, 4.69) is 45.1 Å². The summed E-state index contributed by atoms with van der Waals surface area (Å²) in [7, 11) is 0. The van der Waals surface area contributed by atoms with Crippen LogP contribution >= 0.6 is 0 Å². The molecule has 0 aliphatic rings. The molecular formula is C47H86O6. The first-order valence-electron chi connectivity index (χ1n) is 22.8. The van der Waals surface area contributed by atoms with Crippen molar-refractivity contribution in [2.75, 3.05) is 13.2 Å². The lowest BCUT2D eigenvalue weighted by atomic mass is 10.1. The number of hydrogen-bond acceptors (Lipinski definition) is 6. The Morgan fingerprint density at radius 2 is 0.623 bits per heavy atom. The van der Waals surface area contributed by atoms with Gasteiger partial charge in [0, 0.05) is 19.3 Å². The molecule has 0 fully saturated rings. The molecule has 0 saturated carbocycles. The second kappa shape index (κ2) is 42.6. The summed E-state index contributed by atoms with van der Waals surface area (Å²) in [6, 6.07) is 0. The van der Waals surface area contributed by atoms with Gasteiger partial charge in [0.05, 0.1) is 0 Å². The highest BCUT2D eigenvalue weighted by Crippen LogP contribution is 2.14. The number of carbonyl (C=O) groups excluding carboxylic acids is 3. The summed E-state index contributed by atoms with van der Waals surface area (Å²) in [6.45, 7) is 6.57. The van der Waals surface area contributed by atoms with Crippen molar-refractivity contribution in [3.63, 3.8) is 0 Å². The van der Waals surface area contributed by atoms with E-state index >= 15 is 0 Å². The number of allylic oxidation sites excluding steroid dienone is 4. The third-order valence-electron chi connectivity index (χ3n) is 9.93. The number of esters is 3. The number of ether oxygens (including phenoxy) is 3. The Hall–Kier alpha value is -2.11. The second-order valence-corrected chi connectivity index (χ2v) is 15.3. The standard InChI is InChI=1S/C47H86O6/c1-4-7-10-13-16-19-22-25-28-31-34-37-40-46(49)52-43-44(42-51-45(48)39-36-33-30-27-24-21-18-15-12-9-6-3)53-47(50)41-38-35-32-29-26-23-20-17-14-11-8-5-2/h16-17,19-20,44H,4-15,18,21-43H2,1-3H3/b19-16-,20-17-. The van der Waals surface area contributed by atoms with Gasteiger partial charge in [0.2, 0.25) is 0 Å². The van der Waals surface area contributed by atoms with Crippen LogP contribution in [-0.2, 0) is 28.6 Å². The molecule has 0 bridgehead atoms. The molecule has 0 aromatic carbocycles. The minimum absolute atomic E-state index is 0.0745. The van der Waals surface area contributed by atoms with E-state index in [1.165, 1.54) is 128 Å². The predicted molar refractivity (Wildman–Crippen MR) is 224 cm³/mol. The Bertz CT molecular complexity index is 865. The first kappa shape index (κ1) is 50.9. The molecule has 1 atom stereocenters. The van der Waals surface area contributed by atoms with Crippen LogP contribution in [0.2, 0.25) is 0 Å². The van der Waals surface area contributed by atoms with Gasteiger partial charge in [0.1, 0.15) is 13.2 Å². The highest BCUT2D eigenvalue weighted by atomic mass is 16.6. The van der Waals surface area contributed by atoms with E-state index in [4.69, 9.17) is 14.2 Å². The van der Waals surface area contributed by atoms with Gasteiger partial charge in [-0.15, -0.1) is 0 Å². The summed E-state index contributed by atoms with van der Waals surface area (Å²) in [5.74, 6) is -0.890. The molecule has 6 nitrogen and oxygen atoms in total. The van der Waals surface area contributed by atoms with E-state index in [-0.39, 0.29) is 31.1 Å². The largest absolute Gasteiger partial charge is 0.462 e. The van der Waals surface area contributed by atoms with Crippen LogP contribution in [0.5, 0.6) is 0 Å². The highest BCUT2D eigenvalue weighted by molar-refractivity contribution is 5.71. The van der Waals surface area contributed by atoms with Crippen molar-refractivity contribution in [2.45, 2.75) is 245 Å². The molecule has 1 unspecified atom stereocenters. The molecule has 0 aromatic heterocycles. The molecule has 0 saturated heterocycles. The first-order valence-corrected chi connectivity index (χ1v) is 22.8. The zero-order valence-electron chi connectivity index (χ0n) is 35.3. The molecule has 6 heteroatoms. The predicted octanol–water partition coefficient (Wildman–Crippen LogP) is 14.4. The number of unbranched alkanes of at least 4 members (excludes halogenated alkanes) is 26. The maximum absolute atomic E-state index is 12.7. The molecule has 53 heavy (non-hydrogen) atoms. The van der Waals surface area contributed by atoms with Gasteiger partial charge < -0.3 is 14.2 Å². The van der Waals surface area contributed by atoms with Crippen molar-refractivity contribution in [3.8, 4) is 0 Å². The topological polar surface area (TPSA) is 78.9 Å². The van der Waals surface area contributed by atoms with Crippen LogP contribution < -0.4 is 0 Å². The lowest BCUT2D eigenvalue weighted by molar-refractivity contribution is -0.167. The third kappa shape index (κ3) is 40.9. The van der Waals surface area contributed by atoms with E-state index in [0.29, 0.717) is 19.3 Å². The summed E-state index contributed by atoms with van der Waals surface area (Å²) >= 11 is 0. The maximum atomic E-state index is 12.7. The normalized spacial score (nSPS) is 12.1. The Labute approximate surface area is 328 Å². The molecule has 0 N–H and O–H groups in total. The average molecular weight is 747 g/mol. The van der Waals surface area contributed by atoms with Gasteiger partial charge in [-0.05, 0) is 70.6 Å². The van der Waals surface area contributed by atoms with E-state index in [9.17, 15) is 14.4 Å². The van der Waals surface area contributed by atoms with Crippen molar-refractivity contribution >= 4 is 17.9 Å².